The average molecular weight is 400 g/mol. The highest BCUT2D eigenvalue weighted by Gasteiger charge is 2.38. The van der Waals surface area contributed by atoms with Crippen LogP contribution in [0.5, 0.6) is 5.75 Å². The molecule has 2 fully saturated rings. The number of ether oxygens (including phenoxy) is 1. The van der Waals surface area contributed by atoms with E-state index in [0.717, 1.165) is 41.6 Å². The van der Waals surface area contributed by atoms with Crippen LogP contribution in [0.3, 0.4) is 0 Å². The van der Waals surface area contributed by atoms with Crippen LogP contribution >= 0.6 is 0 Å². The smallest absolute Gasteiger partial charge is 0.167 e. The highest BCUT2D eigenvalue weighted by molar-refractivity contribution is 6.02. The van der Waals surface area contributed by atoms with Crippen LogP contribution in [0.15, 0.2) is 66.7 Å². The lowest BCUT2D eigenvalue weighted by Gasteiger charge is -2.45. The first-order valence-corrected chi connectivity index (χ1v) is 11.1. The number of hydrogen-bond donors (Lipinski definition) is 0. The summed E-state index contributed by atoms with van der Waals surface area (Å²) in [5, 5.41) is 2.19. The molecule has 1 heterocycles. The van der Waals surface area contributed by atoms with Crippen LogP contribution < -0.4 is 4.74 Å². The molecule has 0 amide bonds. The van der Waals surface area contributed by atoms with E-state index in [0.29, 0.717) is 12.0 Å². The van der Waals surface area contributed by atoms with Gasteiger partial charge in [-0.25, -0.2) is 0 Å². The fraction of sp³-hybridized carbons (Fsp3) is 0.370. The zero-order valence-corrected chi connectivity index (χ0v) is 17.6. The minimum Gasteiger partial charge on any atom is -0.497 e. The number of methoxy groups -OCH3 is 1. The Morgan fingerprint density at radius 2 is 1.70 bits per heavy atom. The predicted molar refractivity (Wildman–Crippen MR) is 121 cm³/mol. The molecule has 3 nitrogen and oxygen atoms in total. The van der Waals surface area contributed by atoms with Crippen molar-refractivity contribution in [2.24, 2.45) is 5.92 Å². The molecule has 3 aromatic rings. The highest BCUT2D eigenvalue weighted by atomic mass is 16.5. The van der Waals surface area contributed by atoms with Crippen LogP contribution in [-0.2, 0) is 0 Å². The quantitative estimate of drug-likeness (QED) is 0.516. The number of fused-ring (bicyclic) bond motifs is 1. The topological polar surface area (TPSA) is 29.5 Å². The fourth-order valence-electron chi connectivity index (χ4n) is 5.14. The molecule has 0 aromatic heterocycles. The second-order valence-corrected chi connectivity index (χ2v) is 8.78. The minimum atomic E-state index is 0.0115. The van der Waals surface area contributed by atoms with Crippen LogP contribution in [0, 0.1) is 5.92 Å². The third kappa shape index (κ3) is 3.63. The normalized spacial score (nSPS) is 22.6. The zero-order valence-electron chi connectivity index (χ0n) is 17.6. The van der Waals surface area contributed by atoms with E-state index < -0.39 is 0 Å². The molecule has 1 aliphatic heterocycles. The first-order chi connectivity index (χ1) is 14.7. The molecule has 1 saturated heterocycles. The Bertz CT molecular complexity index is 1040. The van der Waals surface area contributed by atoms with E-state index in [1.165, 1.54) is 24.8 Å². The van der Waals surface area contributed by atoms with Crippen LogP contribution in [-0.4, -0.2) is 36.9 Å². The van der Waals surface area contributed by atoms with E-state index in [1.807, 2.05) is 24.3 Å². The minimum absolute atomic E-state index is 0.0115. The molecule has 0 bridgehead atoms. The molecule has 3 heteroatoms. The first-order valence-electron chi connectivity index (χ1n) is 11.1. The van der Waals surface area contributed by atoms with Crippen molar-refractivity contribution < 1.29 is 9.53 Å². The number of Topliss-reactive ketones (excluding diaryl/α,β-unsaturated/α-hetero) is 1. The third-order valence-electron chi connectivity index (χ3n) is 7.13. The molecule has 0 spiro atoms. The number of ketones is 1. The van der Waals surface area contributed by atoms with Gasteiger partial charge in [-0.15, -0.1) is 0 Å². The predicted octanol–water partition coefficient (Wildman–Crippen LogP) is 5.69. The lowest BCUT2D eigenvalue weighted by molar-refractivity contribution is 0.0540. The Labute approximate surface area is 178 Å². The van der Waals surface area contributed by atoms with Gasteiger partial charge < -0.3 is 4.74 Å². The Morgan fingerprint density at radius 1 is 0.933 bits per heavy atom. The first kappa shape index (κ1) is 19.3. The van der Waals surface area contributed by atoms with E-state index in [1.54, 1.807) is 7.11 Å². The summed E-state index contributed by atoms with van der Waals surface area (Å²) in [7, 11) is 1.68. The standard InChI is InChI=1S/C27H29NO2/c1-30-24-13-12-20-16-22(11-10-21(20)17-24)27(29)26-18-28(23-8-5-9-23)15-14-25(26)19-6-3-2-4-7-19/h2-4,6-7,10-13,16-17,23,25-26H,5,8-9,14-15,18H2,1H3. The van der Waals surface area contributed by atoms with Crippen molar-refractivity contribution in [1.29, 1.82) is 0 Å². The van der Waals surface area contributed by atoms with Gasteiger partial charge in [0.15, 0.2) is 5.78 Å². The summed E-state index contributed by atoms with van der Waals surface area (Å²) in [6.45, 7) is 1.98. The summed E-state index contributed by atoms with van der Waals surface area (Å²) >= 11 is 0. The number of likely N-dealkylation sites (tertiary alicyclic amines) is 1. The monoisotopic (exact) mass is 399 g/mol. The molecular weight excluding hydrogens is 370 g/mol. The molecule has 0 N–H and O–H groups in total. The van der Waals surface area contributed by atoms with Gasteiger partial charge in [0.25, 0.3) is 0 Å². The zero-order chi connectivity index (χ0) is 20.5. The van der Waals surface area contributed by atoms with Gasteiger partial charge in [0.2, 0.25) is 0 Å². The molecule has 2 atom stereocenters. The van der Waals surface area contributed by atoms with Gasteiger partial charge in [0.1, 0.15) is 5.75 Å². The number of hydrogen-bond acceptors (Lipinski definition) is 3. The summed E-state index contributed by atoms with van der Waals surface area (Å²) in [6, 6.07) is 23.4. The molecule has 2 unspecified atom stereocenters. The summed E-state index contributed by atoms with van der Waals surface area (Å²) in [6.07, 6.45) is 4.96. The molecule has 3 aromatic carbocycles. The molecule has 1 saturated carbocycles. The summed E-state index contributed by atoms with van der Waals surface area (Å²) in [5.41, 5.74) is 2.13. The van der Waals surface area contributed by atoms with E-state index in [9.17, 15) is 4.79 Å². The second kappa shape index (κ2) is 8.23. The Morgan fingerprint density at radius 3 is 2.43 bits per heavy atom. The molecular formula is C27H29NO2. The van der Waals surface area contributed by atoms with Crippen molar-refractivity contribution in [3.8, 4) is 5.75 Å². The summed E-state index contributed by atoms with van der Waals surface area (Å²) < 4.78 is 5.34. The maximum absolute atomic E-state index is 13.8. The van der Waals surface area contributed by atoms with Crippen molar-refractivity contribution in [1.82, 2.24) is 4.90 Å². The van der Waals surface area contributed by atoms with Crippen LogP contribution in [0.4, 0.5) is 0 Å². The molecule has 30 heavy (non-hydrogen) atoms. The van der Waals surface area contributed by atoms with Gasteiger partial charge in [-0.3, -0.25) is 9.69 Å². The van der Waals surface area contributed by atoms with Crippen molar-refractivity contribution in [3.05, 3.63) is 77.9 Å². The van der Waals surface area contributed by atoms with E-state index in [2.05, 4.69) is 47.4 Å². The number of carbonyl (C=O) groups is 1. The molecule has 5 rings (SSSR count). The van der Waals surface area contributed by atoms with Crippen molar-refractivity contribution in [3.63, 3.8) is 0 Å². The van der Waals surface area contributed by atoms with Crippen LogP contribution in [0.2, 0.25) is 0 Å². The van der Waals surface area contributed by atoms with E-state index >= 15 is 0 Å². The SMILES string of the molecule is COc1ccc2cc(C(=O)C3CN(C4CCC4)CCC3c3ccccc3)ccc2c1. The Balaban J connectivity index is 1.47. The fourth-order valence-corrected chi connectivity index (χ4v) is 5.14. The van der Waals surface area contributed by atoms with Crippen molar-refractivity contribution in [2.45, 2.75) is 37.6 Å². The van der Waals surface area contributed by atoms with Gasteiger partial charge in [-0.1, -0.05) is 55.0 Å². The average Bonchev–Trinajstić information content (AvgIpc) is 2.77. The number of carbonyl (C=O) groups excluding carboxylic acids is 1. The number of nitrogens with zero attached hydrogens (tertiary/aromatic N) is 1. The number of piperidine rings is 1. The maximum Gasteiger partial charge on any atom is 0.167 e. The number of benzene rings is 3. The van der Waals surface area contributed by atoms with Gasteiger partial charge >= 0.3 is 0 Å². The highest BCUT2D eigenvalue weighted by Crippen LogP contribution is 2.38. The maximum atomic E-state index is 13.8. The van der Waals surface area contributed by atoms with Gasteiger partial charge in [-0.05, 0) is 66.3 Å². The molecule has 1 aliphatic carbocycles. The number of rotatable bonds is 5. The van der Waals surface area contributed by atoms with Crippen LogP contribution in [0.25, 0.3) is 10.8 Å². The molecule has 2 aliphatic rings. The van der Waals surface area contributed by atoms with Gasteiger partial charge in [-0.2, -0.15) is 0 Å². The second-order valence-electron chi connectivity index (χ2n) is 8.78. The van der Waals surface area contributed by atoms with Crippen molar-refractivity contribution >= 4 is 16.6 Å². The largest absolute Gasteiger partial charge is 0.497 e. The third-order valence-corrected chi connectivity index (χ3v) is 7.13. The molecule has 154 valence electrons. The van der Waals surface area contributed by atoms with Crippen molar-refractivity contribution in [2.75, 3.05) is 20.2 Å². The Hall–Kier alpha value is -2.65. The van der Waals surface area contributed by atoms with Gasteiger partial charge in [0, 0.05) is 24.1 Å². The molecule has 0 radical (unpaired) electrons. The van der Waals surface area contributed by atoms with E-state index in [4.69, 9.17) is 4.74 Å². The summed E-state index contributed by atoms with van der Waals surface area (Å²) in [5.74, 6) is 1.43. The lowest BCUT2D eigenvalue weighted by Crippen LogP contribution is -2.49. The van der Waals surface area contributed by atoms with Gasteiger partial charge in [0.05, 0.1) is 7.11 Å². The van der Waals surface area contributed by atoms with E-state index in [-0.39, 0.29) is 11.7 Å². The Kier molecular flexibility index (Phi) is 5.30. The lowest BCUT2D eigenvalue weighted by atomic mass is 9.75. The van der Waals surface area contributed by atoms with Crippen LogP contribution in [0.1, 0.15) is 47.5 Å². The summed E-state index contributed by atoms with van der Waals surface area (Å²) in [4.78, 5) is 16.4.